The van der Waals surface area contributed by atoms with Gasteiger partial charge in [-0.3, -0.25) is 14.8 Å². The predicted octanol–water partition coefficient (Wildman–Crippen LogP) is 1.88. The number of hydrogen-bond acceptors (Lipinski definition) is 4. The summed E-state index contributed by atoms with van der Waals surface area (Å²) < 4.78 is 5.76. The lowest BCUT2D eigenvalue weighted by atomic mass is 10.0. The molecule has 2 aromatic rings. The van der Waals surface area contributed by atoms with E-state index in [1.165, 1.54) is 6.42 Å². The van der Waals surface area contributed by atoms with Crippen molar-refractivity contribution >= 4 is 11.9 Å². The number of rotatable bonds is 5. The second kappa shape index (κ2) is 8.53. The van der Waals surface area contributed by atoms with Gasteiger partial charge in [0.1, 0.15) is 0 Å². The van der Waals surface area contributed by atoms with Crippen LogP contribution in [0.1, 0.15) is 52.1 Å². The van der Waals surface area contributed by atoms with Gasteiger partial charge in [0.25, 0.3) is 5.91 Å². The molecule has 4 N–H and O–H groups in total. The molecule has 0 atom stereocenters. The van der Waals surface area contributed by atoms with Crippen LogP contribution in [0.25, 0.3) is 0 Å². The zero-order valence-corrected chi connectivity index (χ0v) is 14.6. The van der Waals surface area contributed by atoms with Crippen molar-refractivity contribution in [3.8, 4) is 0 Å². The van der Waals surface area contributed by atoms with Gasteiger partial charge < -0.3 is 16.2 Å². The molecular weight excluding hydrogens is 330 g/mol. The first-order chi connectivity index (χ1) is 12.6. The van der Waals surface area contributed by atoms with E-state index in [-0.39, 0.29) is 12.6 Å². The third-order valence-corrected chi connectivity index (χ3v) is 4.32. The maximum Gasteiger partial charge on any atom is 0.282 e. The van der Waals surface area contributed by atoms with E-state index in [9.17, 15) is 4.79 Å². The molecule has 1 amide bonds. The zero-order valence-electron chi connectivity index (χ0n) is 14.6. The summed E-state index contributed by atoms with van der Waals surface area (Å²) >= 11 is 0. The first kappa shape index (κ1) is 18.0. The third kappa shape index (κ3) is 4.64. The van der Waals surface area contributed by atoms with Crippen LogP contribution in [0.4, 0.5) is 0 Å². The third-order valence-electron chi connectivity index (χ3n) is 4.32. The number of nitrogens with two attached hydrogens (primary N) is 2. The molecule has 1 aliphatic carbocycles. The zero-order chi connectivity index (χ0) is 18.4. The van der Waals surface area contributed by atoms with E-state index in [1.807, 2.05) is 18.2 Å². The molecule has 136 valence electrons. The molecule has 0 saturated carbocycles. The van der Waals surface area contributed by atoms with Gasteiger partial charge in [-0.25, -0.2) is 0 Å². The summed E-state index contributed by atoms with van der Waals surface area (Å²) in [5.74, 6) is -0.739. The summed E-state index contributed by atoms with van der Waals surface area (Å²) in [6, 6.07) is 5.67. The number of aromatic nitrogens is 2. The van der Waals surface area contributed by atoms with Crippen LogP contribution in [0, 0.1) is 0 Å². The first-order valence-electron chi connectivity index (χ1n) is 8.76. The number of ether oxygens (including phenoxy) is 1. The van der Waals surface area contributed by atoms with Gasteiger partial charge in [-0.15, -0.1) is 0 Å². The van der Waals surface area contributed by atoms with Crippen molar-refractivity contribution in [3.63, 3.8) is 0 Å². The van der Waals surface area contributed by atoms with Gasteiger partial charge in [0, 0.05) is 18.1 Å². The summed E-state index contributed by atoms with van der Waals surface area (Å²) in [7, 11) is 0. The van der Waals surface area contributed by atoms with Crippen molar-refractivity contribution in [2.45, 2.75) is 45.3 Å². The highest BCUT2D eigenvalue weighted by Crippen LogP contribution is 2.23. The summed E-state index contributed by atoms with van der Waals surface area (Å²) in [5, 5.41) is 0. The van der Waals surface area contributed by atoms with Crippen molar-refractivity contribution in [1.29, 1.82) is 0 Å². The predicted molar refractivity (Wildman–Crippen MR) is 98.4 cm³/mol. The topological polar surface area (TPSA) is 116 Å². The van der Waals surface area contributed by atoms with Crippen molar-refractivity contribution in [3.05, 3.63) is 58.7 Å². The maximum absolute atomic E-state index is 12.4. The van der Waals surface area contributed by atoms with E-state index >= 15 is 0 Å². The molecule has 3 rings (SSSR count). The van der Waals surface area contributed by atoms with Gasteiger partial charge in [0.05, 0.1) is 24.5 Å². The van der Waals surface area contributed by atoms with Crippen molar-refractivity contribution < 1.29 is 9.53 Å². The Morgan fingerprint density at radius 1 is 1.19 bits per heavy atom. The standard InChI is InChI=1S/C19H23N5O2/c20-19(21)24-18(25)15-9-14-6-2-1-3-7-16(14)23-17(15)12-26-11-13-5-4-8-22-10-13/h4-5,8-10H,1-3,6-7,11-12H2,(H4,20,21,24,25). The Morgan fingerprint density at radius 2 is 2.04 bits per heavy atom. The molecule has 0 aromatic carbocycles. The molecule has 0 aliphatic heterocycles. The summed E-state index contributed by atoms with van der Waals surface area (Å²) in [6.45, 7) is 0.603. The lowest BCUT2D eigenvalue weighted by molar-refractivity contribution is 0.0956. The number of carbonyl (C=O) groups excluding carboxylic acids is 1. The van der Waals surface area contributed by atoms with Gasteiger partial charge in [0.15, 0.2) is 5.96 Å². The van der Waals surface area contributed by atoms with Crippen molar-refractivity contribution in [2.75, 3.05) is 0 Å². The minimum atomic E-state index is -0.482. The van der Waals surface area contributed by atoms with Crippen LogP contribution in [0.5, 0.6) is 0 Å². The van der Waals surface area contributed by atoms with Crippen LogP contribution in [0.3, 0.4) is 0 Å². The highest BCUT2D eigenvalue weighted by Gasteiger charge is 2.19. The average molecular weight is 353 g/mol. The van der Waals surface area contributed by atoms with E-state index in [0.717, 1.165) is 42.5 Å². The van der Waals surface area contributed by atoms with Gasteiger partial charge in [-0.05, 0) is 48.9 Å². The van der Waals surface area contributed by atoms with E-state index < -0.39 is 5.91 Å². The number of aliphatic imine (C=N–C) groups is 1. The molecular formula is C19H23N5O2. The Bertz CT molecular complexity index is 801. The van der Waals surface area contributed by atoms with E-state index in [2.05, 4.69) is 9.98 Å². The van der Waals surface area contributed by atoms with Crippen LogP contribution in [0.15, 0.2) is 35.6 Å². The highest BCUT2D eigenvalue weighted by atomic mass is 16.5. The fourth-order valence-electron chi connectivity index (χ4n) is 3.08. The Balaban J connectivity index is 1.84. The smallest absolute Gasteiger partial charge is 0.282 e. The second-order valence-corrected chi connectivity index (χ2v) is 6.34. The van der Waals surface area contributed by atoms with Crippen molar-refractivity contribution in [1.82, 2.24) is 9.97 Å². The molecule has 2 aromatic heterocycles. The number of aryl methyl sites for hydroxylation is 2. The number of nitrogens with zero attached hydrogens (tertiary/aromatic N) is 3. The Hall–Kier alpha value is -2.80. The highest BCUT2D eigenvalue weighted by molar-refractivity contribution is 6.02. The number of carbonyl (C=O) groups is 1. The van der Waals surface area contributed by atoms with E-state index in [0.29, 0.717) is 17.9 Å². The molecule has 1 aliphatic rings. The van der Waals surface area contributed by atoms with Gasteiger partial charge >= 0.3 is 0 Å². The molecule has 0 spiro atoms. The molecule has 0 radical (unpaired) electrons. The molecule has 7 heteroatoms. The summed E-state index contributed by atoms with van der Waals surface area (Å²) in [4.78, 5) is 24.9. The number of pyridine rings is 2. The van der Waals surface area contributed by atoms with Crippen LogP contribution in [-0.2, 0) is 30.8 Å². The summed E-state index contributed by atoms with van der Waals surface area (Å²) in [6.07, 6.45) is 8.67. The molecule has 0 unspecified atom stereocenters. The lowest BCUT2D eigenvalue weighted by Gasteiger charge is -2.13. The monoisotopic (exact) mass is 353 g/mol. The Labute approximate surface area is 152 Å². The Kier molecular flexibility index (Phi) is 5.91. The van der Waals surface area contributed by atoms with Gasteiger partial charge in [0.2, 0.25) is 0 Å². The molecule has 26 heavy (non-hydrogen) atoms. The molecule has 0 bridgehead atoms. The van der Waals surface area contributed by atoms with Gasteiger partial charge in [-0.2, -0.15) is 4.99 Å². The average Bonchev–Trinajstić information content (AvgIpc) is 2.86. The Morgan fingerprint density at radius 3 is 2.81 bits per heavy atom. The van der Waals surface area contributed by atoms with Crippen LogP contribution in [-0.4, -0.2) is 21.8 Å². The number of amides is 1. The van der Waals surface area contributed by atoms with E-state index in [4.69, 9.17) is 21.2 Å². The second-order valence-electron chi connectivity index (χ2n) is 6.34. The minimum absolute atomic E-state index is 0.212. The fraction of sp³-hybridized carbons (Fsp3) is 0.368. The quantitative estimate of drug-likeness (QED) is 0.481. The van der Waals surface area contributed by atoms with Crippen LogP contribution >= 0.6 is 0 Å². The maximum atomic E-state index is 12.4. The summed E-state index contributed by atoms with van der Waals surface area (Å²) in [5.41, 5.74) is 14.8. The first-order valence-corrected chi connectivity index (χ1v) is 8.76. The fourth-order valence-corrected chi connectivity index (χ4v) is 3.08. The van der Waals surface area contributed by atoms with Crippen molar-refractivity contribution in [2.24, 2.45) is 16.5 Å². The number of guanidine groups is 1. The van der Waals surface area contributed by atoms with Crippen LogP contribution in [0.2, 0.25) is 0 Å². The molecule has 0 fully saturated rings. The van der Waals surface area contributed by atoms with E-state index in [1.54, 1.807) is 12.4 Å². The number of fused-ring (bicyclic) bond motifs is 1. The molecule has 0 saturated heterocycles. The normalized spacial score (nSPS) is 13.5. The number of hydrogen-bond donors (Lipinski definition) is 2. The molecule has 2 heterocycles. The SMILES string of the molecule is NC(N)=NC(=O)c1cc2c(nc1COCc1cccnc1)CCCCC2. The minimum Gasteiger partial charge on any atom is -0.370 e. The van der Waals surface area contributed by atoms with Gasteiger partial charge in [-0.1, -0.05) is 12.5 Å². The largest absolute Gasteiger partial charge is 0.370 e. The van der Waals surface area contributed by atoms with Crippen LogP contribution < -0.4 is 11.5 Å². The lowest BCUT2D eigenvalue weighted by Crippen LogP contribution is -2.24. The molecule has 7 nitrogen and oxygen atoms in total.